The van der Waals surface area contributed by atoms with Crippen molar-refractivity contribution in [3.8, 4) is 11.5 Å². The van der Waals surface area contributed by atoms with Crippen molar-refractivity contribution in [3.63, 3.8) is 0 Å². The molecule has 1 atom stereocenters. The summed E-state index contributed by atoms with van der Waals surface area (Å²) in [5.74, 6) is 0.293. The van der Waals surface area contributed by atoms with E-state index in [0.29, 0.717) is 28.6 Å². The van der Waals surface area contributed by atoms with Gasteiger partial charge in [0.25, 0.3) is 5.91 Å². The van der Waals surface area contributed by atoms with Crippen LogP contribution in [-0.4, -0.2) is 19.1 Å². The average Bonchev–Trinajstić information content (AvgIpc) is 2.54. The third kappa shape index (κ3) is 4.60. The van der Waals surface area contributed by atoms with Crippen LogP contribution in [0.4, 0.5) is 10.1 Å². The molecule has 2 rings (SSSR count). The molecule has 6 heteroatoms. The topological polar surface area (TPSA) is 47.6 Å². The summed E-state index contributed by atoms with van der Waals surface area (Å²) < 4.78 is 23.5. The Hall–Kier alpha value is -2.27. The van der Waals surface area contributed by atoms with Gasteiger partial charge in [-0.15, -0.1) is 0 Å². The molecule has 0 heterocycles. The zero-order chi connectivity index (χ0) is 16.8. The van der Waals surface area contributed by atoms with Crippen molar-refractivity contribution in [2.45, 2.75) is 19.4 Å². The number of carbonyl (C=O) groups is 1. The number of hydrogen-bond donors (Lipinski definition) is 1. The molecule has 122 valence electrons. The first kappa shape index (κ1) is 17.1. The van der Waals surface area contributed by atoms with Gasteiger partial charge in [0.05, 0.1) is 12.1 Å². The van der Waals surface area contributed by atoms with Gasteiger partial charge in [0.15, 0.2) is 6.10 Å². The summed E-state index contributed by atoms with van der Waals surface area (Å²) in [6.07, 6.45) is -0.228. The fraction of sp³-hybridized carbons (Fsp3) is 0.235. The number of halogens is 2. The van der Waals surface area contributed by atoms with Crippen LogP contribution in [0.3, 0.4) is 0 Å². The van der Waals surface area contributed by atoms with Gasteiger partial charge in [-0.05, 0) is 48.9 Å². The van der Waals surface area contributed by atoms with Crippen LogP contribution in [0.5, 0.6) is 11.5 Å². The van der Waals surface area contributed by atoms with Gasteiger partial charge in [0, 0.05) is 5.69 Å². The van der Waals surface area contributed by atoms with E-state index in [1.54, 1.807) is 18.2 Å². The van der Waals surface area contributed by atoms with Crippen molar-refractivity contribution < 1.29 is 18.7 Å². The maximum Gasteiger partial charge on any atom is 0.265 e. The molecule has 4 nitrogen and oxygen atoms in total. The molecular formula is C17H17ClFNO3. The minimum atomic E-state index is -0.693. The predicted molar refractivity (Wildman–Crippen MR) is 87.7 cm³/mol. The first-order valence-electron chi connectivity index (χ1n) is 7.10. The summed E-state index contributed by atoms with van der Waals surface area (Å²) in [6.45, 7) is 1.83. The minimum absolute atomic E-state index is 0.307. The maximum atomic E-state index is 12.9. The summed E-state index contributed by atoms with van der Waals surface area (Å²) in [6, 6.07) is 10.5. The fourth-order valence-corrected chi connectivity index (χ4v) is 2.22. The second kappa shape index (κ2) is 7.83. The van der Waals surface area contributed by atoms with E-state index in [1.807, 2.05) is 6.92 Å². The molecule has 0 saturated heterocycles. The summed E-state index contributed by atoms with van der Waals surface area (Å²) in [5.41, 5.74) is 0.543. The number of benzene rings is 2. The quantitative estimate of drug-likeness (QED) is 0.855. The Labute approximate surface area is 139 Å². The van der Waals surface area contributed by atoms with E-state index in [-0.39, 0.29) is 11.7 Å². The molecule has 0 bridgehead atoms. The van der Waals surface area contributed by atoms with Crippen LogP contribution >= 0.6 is 11.6 Å². The molecule has 0 aliphatic carbocycles. The molecule has 1 amide bonds. The Kier molecular flexibility index (Phi) is 5.82. The third-order valence-electron chi connectivity index (χ3n) is 3.17. The highest BCUT2D eigenvalue weighted by Crippen LogP contribution is 2.27. The van der Waals surface area contributed by atoms with Crippen LogP contribution in [0.15, 0.2) is 42.5 Å². The summed E-state index contributed by atoms with van der Waals surface area (Å²) in [7, 11) is 1.52. The van der Waals surface area contributed by atoms with Crippen LogP contribution < -0.4 is 14.8 Å². The van der Waals surface area contributed by atoms with Crippen molar-refractivity contribution >= 4 is 23.2 Å². The standard InChI is InChI=1S/C17H17ClFNO3/c1-3-15(23-13-7-4-11(19)5-8-13)17(21)20-12-6-9-16(22-2)14(18)10-12/h4-10,15H,3H2,1-2H3,(H,20,21)/t15-/m0/s1. The molecule has 2 aromatic rings. The Balaban J connectivity index is 2.04. The molecule has 0 radical (unpaired) electrons. The van der Waals surface area contributed by atoms with Crippen LogP contribution in [0, 0.1) is 5.82 Å². The van der Waals surface area contributed by atoms with Gasteiger partial charge in [0.1, 0.15) is 17.3 Å². The second-order valence-corrected chi connectivity index (χ2v) is 5.21. The molecule has 0 aliphatic heterocycles. The number of anilines is 1. The van der Waals surface area contributed by atoms with Crippen LogP contribution in [-0.2, 0) is 4.79 Å². The van der Waals surface area contributed by atoms with Crippen molar-refractivity contribution in [2.24, 2.45) is 0 Å². The minimum Gasteiger partial charge on any atom is -0.495 e. The molecule has 1 N–H and O–H groups in total. The number of amides is 1. The number of hydrogen-bond acceptors (Lipinski definition) is 3. The van der Waals surface area contributed by atoms with Gasteiger partial charge in [0.2, 0.25) is 0 Å². The number of rotatable bonds is 6. The number of ether oxygens (including phenoxy) is 2. The smallest absolute Gasteiger partial charge is 0.265 e. The zero-order valence-electron chi connectivity index (χ0n) is 12.8. The lowest BCUT2D eigenvalue weighted by Gasteiger charge is -2.17. The monoisotopic (exact) mass is 337 g/mol. The van der Waals surface area contributed by atoms with Crippen molar-refractivity contribution in [1.29, 1.82) is 0 Å². The highest BCUT2D eigenvalue weighted by atomic mass is 35.5. The van der Waals surface area contributed by atoms with Crippen LogP contribution in [0.25, 0.3) is 0 Å². The second-order valence-electron chi connectivity index (χ2n) is 4.81. The van der Waals surface area contributed by atoms with Crippen molar-refractivity contribution in [3.05, 3.63) is 53.3 Å². The maximum absolute atomic E-state index is 12.9. The van der Waals surface area contributed by atoms with E-state index < -0.39 is 6.10 Å². The van der Waals surface area contributed by atoms with Gasteiger partial charge in [-0.3, -0.25) is 4.79 Å². The normalized spacial score (nSPS) is 11.7. The van der Waals surface area contributed by atoms with Crippen LogP contribution in [0.2, 0.25) is 5.02 Å². The summed E-state index contributed by atoms with van der Waals surface area (Å²) in [4.78, 5) is 12.3. The first-order valence-corrected chi connectivity index (χ1v) is 7.48. The van der Waals surface area contributed by atoms with Gasteiger partial charge in [-0.2, -0.15) is 0 Å². The van der Waals surface area contributed by atoms with E-state index in [0.717, 1.165) is 0 Å². The first-order chi connectivity index (χ1) is 11.0. The molecular weight excluding hydrogens is 321 g/mol. The average molecular weight is 338 g/mol. The molecule has 0 aromatic heterocycles. The Morgan fingerprint density at radius 2 is 1.96 bits per heavy atom. The molecule has 0 aliphatic rings. The predicted octanol–water partition coefficient (Wildman–Crippen LogP) is 4.28. The fourth-order valence-electron chi connectivity index (χ4n) is 1.97. The molecule has 0 spiro atoms. The van der Waals surface area contributed by atoms with E-state index in [1.165, 1.54) is 31.4 Å². The lowest BCUT2D eigenvalue weighted by Crippen LogP contribution is -2.32. The van der Waals surface area contributed by atoms with Crippen molar-refractivity contribution in [2.75, 3.05) is 12.4 Å². The van der Waals surface area contributed by atoms with E-state index in [2.05, 4.69) is 5.32 Å². The molecule has 23 heavy (non-hydrogen) atoms. The van der Waals surface area contributed by atoms with Gasteiger partial charge < -0.3 is 14.8 Å². The van der Waals surface area contributed by atoms with Gasteiger partial charge in [-0.25, -0.2) is 4.39 Å². The van der Waals surface area contributed by atoms with E-state index in [4.69, 9.17) is 21.1 Å². The zero-order valence-corrected chi connectivity index (χ0v) is 13.6. The lowest BCUT2D eigenvalue weighted by atomic mass is 10.2. The highest BCUT2D eigenvalue weighted by Gasteiger charge is 2.19. The molecule has 2 aromatic carbocycles. The molecule has 0 unspecified atom stereocenters. The Bertz CT molecular complexity index is 676. The molecule has 0 saturated carbocycles. The summed E-state index contributed by atoms with van der Waals surface area (Å²) >= 11 is 6.03. The number of carbonyl (C=O) groups excluding carboxylic acids is 1. The van der Waals surface area contributed by atoms with Gasteiger partial charge >= 0.3 is 0 Å². The number of nitrogens with one attached hydrogen (secondary N) is 1. The van der Waals surface area contributed by atoms with E-state index >= 15 is 0 Å². The van der Waals surface area contributed by atoms with Gasteiger partial charge in [-0.1, -0.05) is 18.5 Å². The Morgan fingerprint density at radius 3 is 2.52 bits per heavy atom. The Morgan fingerprint density at radius 1 is 1.26 bits per heavy atom. The molecule has 0 fully saturated rings. The largest absolute Gasteiger partial charge is 0.495 e. The highest BCUT2D eigenvalue weighted by molar-refractivity contribution is 6.32. The number of methoxy groups -OCH3 is 1. The lowest BCUT2D eigenvalue weighted by molar-refractivity contribution is -0.122. The van der Waals surface area contributed by atoms with Crippen LogP contribution in [0.1, 0.15) is 13.3 Å². The third-order valence-corrected chi connectivity index (χ3v) is 3.47. The summed E-state index contributed by atoms with van der Waals surface area (Å²) in [5, 5.41) is 3.14. The van der Waals surface area contributed by atoms with Crippen molar-refractivity contribution in [1.82, 2.24) is 0 Å². The van der Waals surface area contributed by atoms with E-state index in [9.17, 15) is 9.18 Å². The SMILES string of the molecule is CC[C@H](Oc1ccc(F)cc1)C(=O)Nc1ccc(OC)c(Cl)c1.